The number of aromatic hydroxyl groups is 1. The van der Waals surface area contributed by atoms with E-state index in [2.05, 4.69) is 0 Å². The van der Waals surface area contributed by atoms with Gasteiger partial charge in [-0.25, -0.2) is 8.42 Å². The van der Waals surface area contributed by atoms with Crippen molar-refractivity contribution < 1.29 is 13.5 Å². The molecular weight excluding hydrogens is 310 g/mol. The van der Waals surface area contributed by atoms with Gasteiger partial charge in [0.2, 0.25) is 0 Å². The van der Waals surface area contributed by atoms with Gasteiger partial charge in [0.1, 0.15) is 5.75 Å². The summed E-state index contributed by atoms with van der Waals surface area (Å²) in [4.78, 5) is 0.0955. The molecule has 0 saturated heterocycles. The molecule has 0 amide bonds. The SMILES string of the molecule is Cc1ccc(N(CC(C)C)S(=O)(=O)c2cccc(O)c2)c(C)c1. The van der Waals surface area contributed by atoms with Gasteiger partial charge in [0, 0.05) is 12.6 Å². The summed E-state index contributed by atoms with van der Waals surface area (Å²) >= 11 is 0. The number of hydrogen-bond donors (Lipinski definition) is 1. The van der Waals surface area contributed by atoms with Crippen molar-refractivity contribution >= 4 is 15.7 Å². The first-order valence-electron chi connectivity index (χ1n) is 7.61. The maximum atomic E-state index is 13.1. The molecule has 0 aliphatic rings. The van der Waals surface area contributed by atoms with Crippen LogP contribution in [-0.4, -0.2) is 20.1 Å². The highest BCUT2D eigenvalue weighted by atomic mass is 32.2. The summed E-state index contributed by atoms with van der Waals surface area (Å²) in [5.74, 6) is 0.110. The molecule has 2 rings (SSSR count). The lowest BCUT2D eigenvalue weighted by Gasteiger charge is -2.28. The molecule has 0 aliphatic heterocycles. The number of anilines is 1. The molecule has 0 atom stereocenters. The van der Waals surface area contributed by atoms with Gasteiger partial charge in [0.25, 0.3) is 10.0 Å². The molecule has 0 saturated carbocycles. The number of benzene rings is 2. The van der Waals surface area contributed by atoms with Gasteiger partial charge in [-0.1, -0.05) is 37.6 Å². The second kappa shape index (κ2) is 6.62. The van der Waals surface area contributed by atoms with Crippen molar-refractivity contribution in [3.63, 3.8) is 0 Å². The third-order valence-corrected chi connectivity index (χ3v) is 5.33. The normalized spacial score (nSPS) is 11.7. The Morgan fingerprint density at radius 1 is 1.09 bits per heavy atom. The summed E-state index contributed by atoms with van der Waals surface area (Å²) in [6.45, 7) is 8.23. The number of hydrogen-bond acceptors (Lipinski definition) is 3. The minimum absolute atomic E-state index is 0.0591. The van der Waals surface area contributed by atoms with E-state index in [1.165, 1.54) is 28.6 Å². The number of phenols is 1. The number of rotatable bonds is 5. The Hall–Kier alpha value is -2.01. The van der Waals surface area contributed by atoms with Crippen LogP contribution in [0.5, 0.6) is 5.75 Å². The summed E-state index contributed by atoms with van der Waals surface area (Å²) in [5, 5.41) is 9.62. The molecule has 5 heteroatoms. The molecular formula is C18H23NO3S. The number of phenolic OH excluding ortho intramolecular Hbond substituents is 1. The van der Waals surface area contributed by atoms with Crippen molar-refractivity contribution in [3.8, 4) is 5.75 Å². The molecule has 0 radical (unpaired) electrons. The van der Waals surface area contributed by atoms with Crippen LogP contribution in [-0.2, 0) is 10.0 Å². The summed E-state index contributed by atoms with van der Waals surface area (Å²) < 4.78 is 27.6. The van der Waals surface area contributed by atoms with Crippen LogP contribution >= 0.6 is 0 Å². The lowest BCUT2D eigenvalue weighted by Crippen LogP contribution is -2.34. The van der Waals surface area contributed by atoms with Crippen LogP contribution in [0.15, 0.2) is 47.4 Å². The van der Waals surface area contributed by atoms with E-state index >= 15 is 0 Å². The molecule has 2 aromatic rings. The zero-order valence-corrected chi connectivity index (χ0v) is 14.8. The van der Waals surface area contributed by atoms with E-state index in [0.29, 0.717) is 12.2 Å². The molecule has 0 bridgehead atoms. The Morgan fingerprint density at radius 2 is 1.78 bits per heavy atom. The highest BCUT2D eigenvalue weighted by Crippen LogP contribution is 2.29. The van der Waals surface area contributed by atoms with Crippen molar-refractivity contribution in [2.75, 3.05) is 10.8 Å². The molecule has 0 unspecified atom stereocenters. The van der Waals surface area contributed by atoms with E-state index in [1.54, 1.807) is 0 Å². The highest BCUT2D eigenvalue weighted by molar-refractivity contribution is 7.92. The van der Waals surface area contributed by atoms with Gasteiger partial charge in [-0.2, -0.15) is 0 Å². The van der Waals surface area contributed by atoms with Crippen molar-refractivity contribution in [1.82, 2.24) is 0 Å². The van der Waals surface area contributed by atoms with Crippen LogP contribution in [0.3, 0.4) is 0 Å². The summed E-state index contributed by atoms with van der Waals surface area (Å²) in [6.07, 6.45) is 0. The standard InChI is InChI=1S/C18H23NO3S/c1-13(2)12-19(18-9-8-14(3)10-15(18)4)23(21,22)17-7-5-6-16(20)11-17/h5-11,13,20H,12H2,1-4H3. The Balaban J connectivity index is 2.58. The van der Waals surface area contributed by atoms with Crippen LogP contribution in [0.4, 0.5) is 5.69 Å². The highest BCUT2D eigenvalue weighted by Gasteiger charge is 2.27. The molecule has 124 valence electrons. The zero-order chi connectivity index (χ0) is 17.2. The minimum Gasteiger partial charge on any atom is -0.508 e. The van der Waals surface area contributed by atoms with Crippen LogP contribution in [0.2, 0.25) is 0 Å². The Morgan fingerprint density at radius 3 is 2.35 bits per heavy atom. The maximum Gasteiger partial charge on any atom is 0.264 e. The van der Waals surface area contributed by atoms with E-state index in [4.69, 9.17) is 0 Å². The first kappa shape index (κ1) is 17.3. The molecule has 1 N–H and O–H groups in total. The van der Waals surface area contributed by atoms with Crippen LogP contribution in [0.1, 0.15) is 25.0 Å². The molecule has 0 aliphatic carbocycles. The smallest absolute Gasteiger partial charge is 0.264 e. The summed E-state index contributed by atoms with van der Waals surface area (Å²) in [6, 6.07) is 11.5. The van der Waals surface area contributed by atoms with Crippen molar-refractivity contribution in [1.29, 1.82) is 0 Å². The monoisotopic (exact) mass is 333 g/mol. The maximum absolute atomic E-state index is 13.1. The second-order valence-corrected chi connectivity index (χ2v) is 8.08. The van der Waals surface area contributed by atoms with E-state index in [-0.39, 0.29) is 16.6 Å². The van der Waals surface area contributed by atoms with E-state index in [0.717, 1.165) is 11.1 Å². The molecule has 0 fully saturated rings. The van der Waals surface area contributed by atoms with Crippen molar-refractivity contribution in [2.24, 2.45) is 5.92 Å². The average Bonchev–Trinajstić information content (AvgIpc) is 2.45. The number of nitrogens with zero attached hydrogens (tertiary/aromatic N) is 1. The molecule has 0 spiro atoms. The topological polar surface area (TPSA) is 57.6 Å². The molecule has 4 nitrogen and oxygen atoms in total. The van der Waals surface area contributed by atoms with Gasteiger partial charge in [-0.15, -0.1) is 0 Å². The molecule has 0 heterocycles. The van der Waals surface area contributed by atoms with E-state index in [9.17, 15) is 13.5 Å². The second-order valence-electron chi connectivity index (χ2n) is 6.22. The minimum atomic E-state index is -3.73. The fourth-order valence-corrected chi connectivity index (χ4v) is 4.25. The predicted octanol–water partition coefficient (Wildman–Crippen LogP) is 3.86. The van der Waals surface area contributed by atoms with Gasteiger partial charge >= 0.3 is 0 Å². The molecule has 2 aromatic carbocycles. The fourth-order valence-electron chi connectivity index (χ4n) is 2.51. The summed E-state index contributed by atoms with van der Waals surface area (Å²) in [7, 11) is -3.73. The van der Waals surface area contributed by atoms with Crippen molar-refractivity contribution in [3.05, 3.63) is 53.6 Å². The lowest BCUT2D eigenvalue weighted by molar-refractivity contribution is 0.473. The largest absolute Gasteiger partial charge is 0.508 e. The van der Waals surface area contributed by atoms with Crippen LogP contribution in [0.25, 0.3) is 0 Å². The predicted molar refractivity (Wildman–Crippen MR) is 93.4 cm³/mol. The lowest BCUT2D eigenvalue weighted by atomic mass is 10.1. The zero-order valence-electron chi connectivity index (χ0n) is 13.9. The Kier molecular flexibility index (Phi) is 5.00. The van der Waals surface area contributed by atoms with Crippen molar-refractivity contribution in [2.45, 2.75) is 32.6 Å². The molecule has 23 heavy (non-hydrogen) atoms. The van der Waals surface area contributed by atoms with Crippen LogP contribution in [0, 0.1) is 19.8 Å². The first-order valence-corrected chi connectivity index (χ1v) is 9.05. The quantitative estimate of drug-likeness (QED) is 0.904. The van der Waals surface area contributed by atoms with Gasteiger partial charge in [0.05, 0.1) is 10.6 Å². The van der Waals surface area contributed by atoms with Crippen LogP contribution < -0.4 is 4.31 Å². The fraction of sp³-hybridized carbons (Fsp3) is 0.333. The number of aryl methyl sites for hydroxylation is 2. The summed E-state index contributed by atoms with van der Waals surface area (Å²) in [5.41, 5.74) is 2.67. The third kappa shape index (κ3) is 3.85. The van der Waals surface area contributed by atoms with E-state index in [1.807, 2.05) is 45.9 Å². The van der Waals surface area contributed by atoms with Gasteiger partial charge < -0.3 is 5.11 Å². The molecule has 0 aromatic heterocycles. The van der Waals surface area contributed by atoms with Gasteiger partial charge in [-0.3, -0.25) is 4.31 Å². The van der Waals surface area contributed by atoms with Gasteiger partial charge in [-0.05, 0) is 43.5 Å². The average molecular weight is 333 g/mol. The Labute approximate surface area is 138 Å². The number of sulfonamides is 1. The van der Waals surface area contributed by atoms with Gasteiger partial charge in [0.15, 0.2) is 0 Å². The van der Waals surface area contributed by atoms with E-state index < -0.39 is 10.0 Å². The third-order valence-electron chi connectivity index (χ3n) is 3.56. The first-order chi connectivity index (χ1) is 10.7. The Bertz CT molecular complexity index is 798.